The normalized spacial score (nSPS) is 48.3. The van der Waals surface area contributed by atoms with Crippen molar-refractivity contribution in [2.45, 2.75) is 62.8 Å². The first-order valence-electron chi connectivity index (χ1n) is 6.65. The van der Waals surface area contributed by atoms with Gasteiger partial charge in [-0.05, 0) is 26.2 Å². The molecule has 1 N–H and O–H groups in total. The molecule has 0 radical (unpaired) electrons. The summed E-state index contributed by atoms with van der Waals surface area (Å²) in [6, 6.07) is 2.25. The summed E-state index contributed by atoms with van der Waals surface area (Å²) >= 11 is 0. The summed E-state index contributed by atoms with van der Waals surface area (Å²) in [6.45, 7) is 2.31. The third-order valence-corrected chi connectivity index (χ3v) is 4.28. The molecule has 0 unspecified atom stereocenters. The molecule has 0 aromatic carbocycles. The SMILES string of the molecule is C[C@@H](C#N)C[C@H]1CC[C@@H]2O[C@@H]3C[C@]2(CO[C@H]3O)O1. The second-order valence-electron chi connectivity index (χ2n) is 5.72. The first-order valence-corrected chi connectivity index (χ1v) is 6.65. The van der Waals surface area contributed by atoms with Crippen LogP contribution in [-0.4, -0.2) is 41.9 Å². The van der Waals surface area contributed by atoms with E-state index in [9.17, 15) is 5.11 Å². The molecule has 3 fully saturated rings. The van der Waals surface area contributed by atoms with Crippen molar-refractivity contribution in [3.05, 3.63) is 0 Å². The van der Waals surface area contributed by atoms with Crippen molar-refractivity contribution in [2.75, 3.05) is 6.61 Å². The van der Waals surface area contributed by atoms with E-state index in [1.807, 2.05) is 6.92 Å². The van der Waals surface area contributed by atoms with E-state index in [0.717, 1.165) is 19.3 Å². The van der Waals surface area contributed by atoms with E-state index in [0.29, 0.717) is 13.0 Å². The molecule has 3 heterocycles. The van der Waals surface area contributed by atoms with Crippen LogP contribution in [0.3, 0.4) is 0 Å². The third-order valence-electron chi connectivity index (χ3n) is 4.28. The van der Waals surface area contributed by atoms with E-state index in [4.69, 9.17) is 19.5 Å². The molecule has 5 nitrogen and oxygen atoms in total. The fourth-order valence-electron chi connectivity index (χ4n) is 3.34. The second kappa shape index (κ2) is 4.46. The Hall–Kier alpha value is -0.670. The minimum Gasteiger partial charge on any atom is -0.366 e. The Labute approximate surface area is 107 Å². The lowest BCUT2D eigenvalue weighted by Crippen LogP contribution is -2.54. The van der Waals surface area contributed by atoms with Gasteiger partial charge in [-0.2, -0.15) is 5.26 Å². The van der Waals surface area contributed by atoms with Crippen molar-refractivity contribution in [1.82, 2.24) is 0 Å². The van der Waals surface area contributed by atoms with E-state index in [2.05, 4.69) is 6.07 Å². The molecule has 100 valence electrons. The number of aliphatic hydroxyl groups excluding tert-OH is 1. The molecule has 0 aliphatic carbocycles. The van der Waals surface area contributed by atoms with Crippen molar-refractivity contribution < 1.29 is 19.3 Å². The molecule has 3 aliphatic heterocycles. The summed E-state index contributed by atoms with van der Waals surface area (Å²) in [7, 11) is 0. The molecule has 6 atom stereocenters. The van der Waals surface area contributed by atoms with E-state index in [1.165, 1.54) is 0 Å². The lowest BCUT2D eigenvalue weighted by molar-refractivity contribution is -0.223. The summed E-state index contributed by atoms with van der Waals surface area (Å²) in [5.41, 5.74) is -0.387. The minimum absolute atomic E-state index is 0.0103. The van der Waals surface area contributed by atoms with Crippen LogP contribution >= 0.6 is 0 Å². The Morgan fingerprint density at radius 1 is 1.50 bits per heavy atom. The number of hydrogen-bond donors (Lipinski definition) is 1. The highest BCUT2D eigenvalue weighted by Gasteiger charge is 2.58. The van der Waals surface area contributed by atoms with E-state index < -0.39 is 6.29 Å². The fraction of sp³-hybridized carbons (Fsp3) is 0.923. The Morgan fingerprint density at radius 3 is 3.11 bits per heavy atom. The Kier molecular flexibility index (Phi) is 3.07. The van der Waals surface area contributed by atoms with Crippen LogP contribution in [0.5, 0.6) is 0 Å². The Bertz CT molecular complexity index is 368. The van der Waals surface area contributed by atoms with Crippen LogP contribution < -0.4 is 0 Å². The minimum atomic E-state index is -0.818. The lowest BCUT2D eigenvalue weighted by Gasteiger charge is -2.43. The Balaban J connectivity index is 1.69. The number of nitriles is 1. The molecule has 0 aromatic rings. The van der Waals surface area contributed by atoms with Gasteiger partial charge in [0, 0.05) is 12.3 Å². The topological polar surface area (TPSA) is 71.7 Å². The fourth-order valence-corrected chi connectivity index (χ4v) is 3.34. The van der Waals surface area contributed by atoms with E-state index >= 15 is 0 Å². The van der Waals surface area contributed by atoms with Gasteiger partial charge < -0.3 is 19.3 Å². The number of ether oxygens (including phenoxy) is 3. The summed E-state index contributed by atoms with van der Waals surface area (Å²) < 4.78 is 17.3. The molecular formula is C13H19NO4. The van der Waals surface area contributed by atoms with Gasteiger partial charge in [-0.1, -0.05) is 0 Å². The summed E-state index contributed by atoms with van der Waals surface area (Å²) in [6.07, 6.45) is 2.38. The van der Waals surface area contributed by atoms with Crippen molar-refractivity contribution >= 4 is 0 Å². The standard InChI is InChI=1S/C13H19NO4/c1-8(6-14)4-9-2-3-11-13(18-9)5-10(17-11)12(15)16-7-13/h8-12,15H,2-5,7H2,1H3/t8-,9-,10-,11+,12-,13-/m1/s1. The Morgan fingerprint density at radius 2 is 2.33 bits per heavy atom. The molecule has 0 amide bonds. The second-order valence-corrected chi connectivity index (χ2v) is 5.72. The van der Waals surface area contributed by atoms with Gasteiger partial charge in [-0.3, -0.25) is 0 Å². The lowest BCUT2D eigenvalue weighted by atomic mass is 9.84. The first kappa shape index (κ1) is 12.4. The average molecular weight is 253 g/mol. The summed E-state index contributed by atoms with van der Waals surface area (Å²) in [5.74, 6) is 0.0103. The van der Waals surface area contributed by atoms with Crippen LogP contribution in [0.4, 0.5) is 0 Å². The third kappa shape index (κ3) is 1.94. The highest BCUT2D eigenvalue weighted by molar-refractivity contribution is 5.04. The maximum atomic E-state index is 9.64. The number of nitrogens with zero attached hydrogens (tertiary/aromatic N) is 1. The van der Waals surface area contributed by atoms with Crippen LogP contribution in [-0.2, 0) is 14.2 Å². The molecule has 0 aromatic heterocycles. The molecule has 3 aliphatic rings. The molecule has 5 heteroatoms. The zero-order valence-corrected chi connectivity index (χ0v) is 10.5. The van der Waals surface area contributed by atoms with Gasteiger partial charge in [0.25, 0.3) is 0 Å². The van der Waals surface area contributed by atoms with Gasteiger partial charge in [0.05, 0.1) is 24.9 Å². The molecular weight excluding hydrogens is 234 g/mol. The van der Waals surface area contributed by atoms with Crippen LogP contribution in [0.1, 0.15) is 32.6 Å². The highest BCUT2D eigenvalue weighted by atomic mass is 16.7. The highest BCUT2D eigenvalue weighted by Crippen LogP contribution is 2.46. The maximum Gasteiger partial charge on any atom is 0.181 e. The maximum absolute atomic E-state index is 9.64. The molecule has 1 spiro atoms. The monoisotopic (exact) mass is 253 g/mol. The van der Waals surface area contributed by atoms with E-state index in [1.54, 1.807) is 0 Å². The molecule has 0 saturated carbocycles. The van der Waals surface area contributed by atoms with Crippen molar-refractivity contribution in [3.63, 3.8) is 0 Å². The smallest absolute Gasteiger partial charge is 0.181 e. The average Bonchev–Trinajstić information content (AvgIpc) is 2.68. The zero-order valence-electron chi connectivity index (χ0n) is 10.5. The van der Waals surface area contributed by atoms with E-state index in [-0.39, 0.29) is 29.8 Å². The predicted octanol–water partition coefficient (Wildman–Crippen LogP) is 0.960. The van der Waals surface area contributed by atoms with Crippen LogP contribution in [0, 0.1) is 17.2 Å². The molecule has 3 rings (SSSR count). The van der Waals surface area contributed by atoms with Gasteiger partial charge >= 0.3 is 0 Å². The quantitative estimate of drug-likeness (QED) is 0.793. The van der Waals surface area contributed by atoms with Crippen LogP contribution in [0.25, 0.3) is 0 Å². The summed E-state index contributed by atoms with van der Waals surface area (Å²) in [4.78, 5) is 0. The largest absolute Gasteiger partial charge is 0.366 e. The van der Waals surface area contributed by atoms with Gasteiger partial charge in [-0.15, -0.1) is 0 Å². The van der Waals surface area contributed by atoms with Crippen LogP contribution in [0.15, 0.2) is 0 Å². The first-order chi connectivity index (χ1) is 8.63. The number of fused-ring (bicyclic) bond motifs is 1. The van der Waals surface area contributed by atoms with Gasteiger partial charge in [0.2, 0.25) is 0 Å². The molecule has 2 bridgehead atoms. The number of rotatable bonds is 2. The van der Waals surface area contributed by atoms with Crippen molar-refractivity contribution in [3.8, 4) is 6.07 Å². The summed E-state index contributed by atoms with van der Waals surface area (Å²) in [5, 5.41) is 18.5. The predicted molar refractivity (Wildman–Crippen MR) is 61.5 cm³/mol. The molecule has 3 saturated heterocycles. The van der Waals surface area contributed by atoms with Crippen molar-refractivity contribution in [2.24, 2.45) is 5.92 Å². The van der Waals surface area contributed by atoms with Gasteiger partial charge in [0.15, 0.2) is 6.29 Å². The zero-order chi connectivity index (χ0) is 12.8. The van der Waals surface area contributed by atoms with Gasteiger partial charge in [0.1, 0.15) is 11.7 Å². The van der Waals surface area contributed by atoms with Crippen molar-refractivity contribution in [1.29, 1.82) is 5.26 Å². The van der Waals surface area contributed by atoms with Gasteiger partial charge in [-0.25, -0.2) is 0 Å². The number of aliphatic hydroxyl groups is 1. The molecule has 18 heavy (non-hydrogen) atoms. The number of hydrogen-bond acceptors (Lipinski definition) is 5. The van der Waals surface area contributed by atoms with Crippen LogP contribution in [0.2, 0.25) is 0 Å².